The lowest BCUT2D eigenvalue weighted by Crippen LogP contribution is -2.10. The van der Waals surface area contributed by atoms with E-state index in [1.165, 1.54) is 0 Å². The van der Waals surface area contributed by atoms with Crippen LogP contribution in [-0.2, 0) is 0 Å². The molecule has 5 nitrogen and oxygen atoms in total. The summed E-state index contributed by atoms with van der Waals surface area (Å²) in [6.07, 6.45) is 1.69. The lowest BCUT2D eigenvalue weighted by molar-refractivity contribution is 0.0696. The van der Waals surface area contributed by atoms with Crippen LogP contribution in [0.1, 0.15) is 34.6 Å². The maximum absolute atomic E-state index is 11.0. The zero-order chi connectivity index (χ0) is 13.1. The van der Waals surface area contributed by atoms with Crippen molar-refractivity contribution >= 4 is 11.7 Å². The summed E-state index contributed by atoms with van der Waals surface area (Å²) in [5.41, 5.74) is 2.82. The Morgan fingerprint density at radius 2 is 2.22 bits per heavy atom. The minimum atomic E-state index is -0.912. The van der Waals surface area contributed by atoms with Gasteiger partial charge in [-0.15, -0.1) is 0 Å². The summed E-state index contributed by atoms with van der Waals surface area (Å²) < 4.78 is 0. The molecule has 18 heavy (non-hydrogen) atoms. The van der Waals surface area contributed by atoms with E-state index in [2.05, 4.69) is 15.5 Å². The molecule has 0 saturated carbocycles. The largest absolute Gasteiger partial charge is 0.478 e. The highest BCUT2D eigenvalue weighted by Crippen LogP contribution is 2.23. The average molecular weight is 245 g/mol. The first-order chi connectivity index (χ1) is 8.59. The topological polar surface area (TPSA) is 78.0 Å². The van der Waals surface area contributed by atoms with E-state index in [-0.39, 0.29) is 6.04 Å². The van der Waals surface area contributed by atoms with Gasteiger partial charge >= 0.3 is 5.97 Å². The molecule has 0 bridgehead atoms. The van der Waals surface area contributed by atoms with Gasteiger partial charge in [0, 0.05) is 11.9 Å². The van der Waals surface area contributed by atoms with E-state index < -0.39 is 5.97 Å². The van der Waals surface area contributed by atoms with Crippen molar-refractivity contribution in [2.75, 3.05) is 5.32 Å². The highest BCUT2D eigenvalue weighted by molar-refractivity contribution is 5.91. The van der Waals surface area contributed by atoms with E-state index in [1.54, 1.807) is 25.3 Å². The summed E-state index contributed by atoms with van der Waals surface area (Å²) >= 11 is 0. The van der Waals surface area contributed by atoms with Gasteiger partial charge in [0.15, 0.2) is 0 Å². The fraction of sp³-hybridized carbons (Fsp3) is 0.231. The number of carbonyl (C=O) groups is 1. The number of carboxylic acid groups (broad SMARTS) is 1. The number of anilines is 1. The van der Waals surface area contributed by atoms with Gasteiger partial charge in [-0.05, 0) is 37.6 Å². The summed E-state index contributed by atoms with van der Waals surface area (Å²) in [5, 5.41) is 19.1. The van der Waals surface area contributed by atoms with Crippen LogP contribution in [0.2, 0.25) is 0 Å². The monoisotopic (exact) mass is 245 g/mol. The fourth-order valence-electron chi connectivity index (χ4n) is 1.84. The molecule has 1 aromatic heterocycles. The molecule has 1 aromatic carbocycles. The fourth-order valence-corrected chi connectivity index (χ4v) is 1.84. The average Bonchev–Trinajstić information content (AvgIpc) is 2.85. The summed E-state index contributed by atoms with van der Waals surface area (Å²) in [5.74, 6) is -0.912. The molecule has 94 valence electrons. The first-order valence-corrected chi connectivity index (χ1v) is 5.68. The zero-order valence-corrected chi connectivity index (χ0v) is 10.3. The minimum absolute atomic E-state index is 0.0373. The first kappa shape index (κ1) is 12.2. The molecule has 0 saturated heterocycles. The molecule has 1 heterocycles. The second kappa shape index (κ2) is 4.91. The molecule has 1 unspecified atom stereocenters. The third-order valence-corrected chi connectivity index (χ3v) is 2.92. The highest BCUT2D eigenvalue weighted by Gasteiger charge is 2.12. The molecule has 0 aliphatic rings. The van der Waals surface area contributed by atoms with Crippen LogP contribution in [0.3, 0.4) is 0 Å². The van der Waals surface area contributed by atoms with E-state index >= 15 is 0 Å². The predicted octanol–water partition coefficient (Wildman–Crippen LogP) is 2.59. The quantitative estimate of drug-likeness (QED) is 0.773. The third kappa shape index (κ3) is 2.34. The van der Waals surface area contributed by atoms with Crippen LogP contribution in [0.4, 0.5) is 5.69 Å². The van der Waals surface area contributed by atoms with Crippen molar-refractivity contribution in [1.29, 1.82) is 0 Å². The van der Waals surface area contributed by atoms with Crippen LogP contribution < -0.4 is 5.32 Å². The Kier molecular flexibility index (Phi) is 3.32. The molecule has 5 heteroatoms. The number of aromatic amines is 1. The van der Waals surface area contributed by atoms with Crippen molar-refractivity contribution in [3.05, 3.63) is 47.3 Å². The summed E-state index contributed by atoms with van der Waals surface area (Å²) in [7, 11) is 0. The molecule has 2 rings (SSSR count). The van der Waals surface area contributed by atoms with Gasteiger partial charge in [0.05, 0.1) is 17.3 Å². The molecule has 0 radical (unpaired) electrons. The molecular weight excluding hydrogens is 230 g/mol. The van der Waals surface area contributed by atoms with Crippen LogP contribution in [-0.4, -0.2) is 21.3 Å². The molecular formula is C13H15N3O2. The van der Waals surface area contributed by atoms with Crippen molar-refractivity contribution in [2.24, 2.45) is 0 Å². The van der Waals surface area contributed by atoms with E-state index in [0.29, 0.717) is 5.56 Å². The molecule has 1 atom stereocenters. The molecule has 0 aliphatic heterocycles. The number of rotatable bonds is 4. The Bertz CT molecular complexity index is 549. The van der Waals surface area contributed by atoms with Gasteiger partial charge in [0.2, 0.25) is 0 Å². The normalized spacial score (nSPS) is 12.1. The number of nitrogens with zero attached hydrogens (tertiary/aromatic N) is 1. The van der Waals surface area contributed by atoms with Crippen LogP contribution >= 0.6 is 0 Å². The van der Waals surface area contributed by atoms with Crippen molar-refractivity contribution < 1.29 is 9.90 Å². The van der Waals surface area contributed by atoms with Crippen molar-refractivity contribution in [2.45, 2.75) is 19.9 Å². The maximum Gasteiger partial charge on any atom is 0.336 e. The highest BCUT2D eigenvalue weighted by atomic mass is 16.4. The number of nitrogens with one attached hydrogen (secondary N) is 2. The number of aromatic carboxylic acids is 1. The number of H-pyrrole nitrogens is 1. The molecule has 0 aliphatic carbocycles. The molecule has 0 amide bonds. The molecule has 0 fully saturated rings. The van der Waals surface area contributed by atoms with Crippen molar-refractivity contribution in [3.63, 3.8) is 0 Å². The summed E-state index contributed by atoms with van der Waals surface area (Å²) in [6.45, 7) is 3.78. The lowest BCUT2D eigenvalue weighted by atomic mass is 10.1. The number of aromatic nitrogens is 2. The standard InChI is InChI=1S/C13H15N3O2/c1-8-10(13(17)18)4-3-5-11(8)15-9(2)12-6-7-14-16-12/h3-7,9,15H,1-2H3,(H,14,16)(H,17,18). The van der Waals surface area contributed by atoms with E-state index in [1.807, 2.05) is 19.1 Å². The Balaban J connectivity index is 2.24. The number of benzene rings is 1. The van der Waals surface area contributed by atoms with E-state index in [9.17, 15) is 4.79 Å². The van der Waals surface area contributed by atoms with Gasteiger partial charge in [-0.25, -0.2) is 4.79 Å². The van der Waals surface area contributed by atoms with Gasteiger partial charge in [0.1, 0.15) is 0 Å². The van der Waals surface area contributed by atoms with Gasteiger partial charge in [-0.2, -0.15) is 5.10 Å². The zero-order valence-electron chi connectivity index (χ0n) is 10.3. The third-order valence-electron chi connectivity index (χ3n) is 2.92. The predicted molar refractivity (Wildman–Crippen MR) is 68.8 cm³/mol. The van der Waals surface area contributed by atoms with Crippen LogP contribution in [0.5, 0.6) is 0 Å². The summed E-state index contributed by atoms with van der Waals surface area (Å²) in [6, 6.07) is 7.13. The van der Waals surface area contributed by atoms with Gasteiger partial charge in [0.25, 0.3) is 0 Å². The van der Waals surface area contributed by atoms with Crippen LogP contribution in [0, 0.1) is 6.92 Å². The van der Waals surface area contributed by atoms with Crippen LogP contribution in [0.25, 0.3) is 0 Å². The van der Waals surface area contributed by atoms with E-state index in [4.69, 9.17) is 5.11 Å². The minimum Gasteiger partial charge on any atom is -0.478 e. The second-order valence-electron chi connectivity index (χ2n) is 4.16. The van der Waals surface area contributed by atoms with Gasteiger partial charge in [-0.1, -0.05) is 6.07 Å². The van der Waals surface area contributed by atoms with Crippen molar-refractivity contribution in [1.82, 2.24) is 10.2 Å². The van der Waals surface area contributed by atoms with E-state index in [0.717, 1.165) is 16.9 Å². The maximum atomic E-state index is 11.0. The SMILES string of the molecule is Cc1c(NC(C)c2ccn[nH]2)cccc1C(=O)O. The Morgan fingerprint density at radius 3 is 2.83 bits per heavy atom. The smallest absolute Gasteiger partial charge is 0.336 e. The lowest BCUT2D eigenvalue weighted by Gasteiger charge is -2.16. The number of hydrogen-bond acceptors (Lipinski definition) is 3. The molecule has 0 spiro atoms. The Morgan fingerprint density at radius 1 is 1.44 bits per heavy atom. The van der Waals surface area contributed by atoms with Gasteiger partial charge in [-0.3, -0.25) is 5.10 Å². The summed E-state index contributed by atoms with van der Waals surface area (Å²) in [4.78, 5) is 11.0. The van der Waals surface area contributed by atoms with Gasteiger partial charge < -0.3 is 10.4 Å². The Labute approximate surface area is 105 Å². The number of hydrogen-bond donors (Lipinski definition) is 3. The Hall–Kier alpha value is -2.30. The first-order valence-electron chi connectivity index (χ1n) is 5.68. The van der Waals surface area contributed by atoms with Crippen molar-refractivity contribution in [3.8, 4) is 0 Å². The molecule has 3 N–H and O–H groups in total. The second-order valence-corrected chi connectivity index (χ2v) is 4.16. The molecule has 2 aromatic rings. The number of carboxylic acids is 1. The van der Waals surface area contributed by atoms with Crippen LogP contribution in [0.15, 0.2) is 30.5 Å².